The Morgan fingerprint density at radius 3 is 2.52 bits per heavy atom. The van der Waals surface area contributed by atoms with E-state index in [1.165, 1.54) is 18.2 Å². The van der Waals surface area contributed by atoms with E-state index in [-0.39, 0.29) is 23.4 Å². The summed E-state index contributed by atoms with van der Waals surface area (Å²) in [6.07, 6.45) is -0.0434. The lowest BCUT2D eigenvalue weighted by Crippen LogP contribution is -2.16. The third kappa shape index (κ3) is 3.82. The molecule has 1 amide bonds. The average molecular weight is 350 g/mol. The molecule has 0 heterocycles. The van der Waals surface area contributed by atoms with Gasteiger partial charge in [-0.05, 0) is 24.3 Å². The molecule has 0 aliphatic carbocycles. The molecule has 2 aromatic carbocycles. The lowest BCUT2D eigenvalue weighted by atomic mass is 10.1. The Morgan fingerprint density at radius 1 is 1.14 bits per heavy atom. The first-order valence-electron chi connectivity index (χ1n) is 6.07. The zero-order valence-corrected chi connectivity index (χ0v) is 12.4. The van der Waals surface area contributed by atoms with E-state index in [4.69, 9.17) is 5.11 Å². The Hall–Kier alpha value is -2.34. The summed E-state index contributed by atoms with van der Waals surface area (Å²) in [5.41, 5.74) is 0.683. The minimum Gasteiger partial charge on any atom is -0.508 e. The van der Waals surface area contributed by atoms with Crippen molar-refractivity contribution < 1.29 is 19.8 Å². The van der Waals surface area contributed by atoms with E-state index in [0.29, 0.717) is 10.0 Å². The predicted molar refractivity (Wildman–Crippen MR) is 81.5 cm³/mol. The molecule has 0 radical (unpaired) electrons. The van der Waals surface area contributed by atoms with Gasteiger partial charge >= 0.3 is 5.97 Å². The van der Waals surface area contributed by atoms with Crippen molar-refractivity contribution in [2.24, 2.45) is 0 Å². The molecule has 2 aromatic rings. The molecule has 6 heteroatoms. The molecule has 3 N–H and O–H groups in total. The normalized spacial score (nSPS) is 10.1. The molecule has 2 rings (SSSR count). The molecule has 0 aliphatic heterocycles. The fraction of sp³-hybridized carbons (Fsp3) is 0.0667. The summed E-state index contributed by atoms with van der Waals surface area (Å²) in [5, 5.41) is 21.3. The van der Waals surface area contributed by atoms with Crippen LogP contribution in [0.3, 0.4) is 0 Å². The summed E-state index contributed by atoms with van der Waals surface area (Å²) >= 11 is 3.23. The third-order valence-electron chi connectivity index (χ3n) is 2.83. The van der Waals surface area contributed by atoms with Crippen molar-refractivity contribution in [2.75, 3.05) is 5.32 Å². The zero-order chi connectivity index (χ0) is 15.4. The van der Waals surface area contributed by atoms with Crippen molar-refractivity contribution in [3.05, 3.63) is 58.1 Å². The van der Waals surface area contributed by atoms with E-state index in [9.17, 15) is 14.7 Å². The van der Waals surface area contributed by atoms with Crippen LogP contribution >= 0.6 is 15.9 Å². The van der Waals surface area contributed by atoms with E-state index in [2.05, 4.69) is 21.2 Å². The number of amides is 1. The highest BCUT2D eigenvalue weighted by Crippen LogP contribution is 2.22. The average Bonchev–Trinajstić information content (AvgIpc) is 2.41. The van der Waals surface area contributed by atoms with Crippen molar-refractivity contribution in [1.82, 2.24) is 0 Å². The Bertz CT molecular complexity index is 700. The van der Waals surface area contributed by atoms with Crippen LogP contribution in [0.25, 0.3) is 0 Å². The largest absolute Gasteiger partial charge is 0.508 e. The van der Waals surface area contributed by atoms with Crippen LogP contribution in [0.1, 0.15) is 15.9 Å². The number of anilines is 1. The van der Waals surface area contributed by atoms with Gasteiger partial charge in [-0.25, -0.2) is 4.79 Å². The molecule has 0 atom stereocenters. The molecule has 0 saturated carbocycles. The summed E-state index contributed by atoms with van der Waals surface area (Å²) in [7, 11) is 0. The number of carbonyl (C=O) groups is 2. The number of carboxylic acids is 1. The third-order valence-corrected chi connectivity index (χ3v) is 3.32. The number of aromatic hydroxyl groups is 1. The minimum absolute atomic E-state index is 0.00355. The number of halogens is 1. The lowest BCUT2D eigenvalue weighted by molar-refractivity contribution is -0.115. The quantitative estimate of drug-likeness (QED) is 0.791. The fourth-order valence-electron chi connectivity index (χ4n) is 1.83. The second kappa shape index (κ2) is 6.41. The maximum absolute atomic E-state index is 12.0. The summed E-state index contributed by atoms with van der Waals surface area (Å²) in [4.78, 5) is 23.1. The van der Waals surface area contributed by atoms with Gasteiger partial charge in [0.1, 0.15) is 5.75 Å². The molecule has 5 nitrogen and oxygen atoms in total. The SMILES string of the molecule is O=C(Cc1ccccc1O)Nc1cc(Br)ccc1C(=O)O. The number of para-hydroxylation sites is 1. The Labute approximate surface area is 129 Å². The number of carbonyl (C=O) groups excluding carboxylic acids is 1. The Kier molecular flexibility index (Phi) is 4.59. The number of nitrogens with one attached hydrogen (secondary N) is 1. The van der Waals surface area contributed by atoms with Crippen molar-refractivity contribution in [3.63, 3.8) is 0 Å². The van der Waals surface area contributed by atoms with Crippen molar-refractivity contribution >= 4 is 33.5 Å². The fourth-order valence-corrected chi connectivity index (χ4v) is 2.20. The Balaban J connectivity index is 2.18. The first kappa shape index (κ1) is 15.1. The number of benzene rings is 2. The van der Waals surface area contributed by atoms with E-state index in [1.54, 1.807) is 24.3 Å². The highest BCUT2D eigenvalue weighted by molar-refractivity contribution is 9.10. The monoisotopic (exact) mass is 349 g/mol. The topological polar surface area (TPSA) is 86.6 Å². The van der Waals surface area contributed by atoms with Crippen LogP contribution in [0, 0.1) is 0 Å². The number of carboxylic acid groups (broad SMARTS) is 1. The molecule has 21 heavy (non-hydrogen) atoms. The van der Waals surface area contributed by atoms with Gasteiger partial charge in [0.2, 0.25) is 5.91 Å². The number of phenolic OH excluding ortho intramolecular Hbond substituents is 1. The first-order chi connectivity index (χ1) is 9.97. The number of rotatable bonds is 4. The summed E-state index contributed by atoms with van der Waals surface area (Å²) in [6, 6.07) is 11.0. The molecule has 108 valence electrons. The van der Waals surface area contributed by atoms with Crippen LogP contribution in [0.4, 0.5) is 5.69 Å². The highest BCUT2D eigenvalue weighted by atomic mass is 79.9. The van der Waals surface area contributed by atoms with Crippen molar-refractivity contribution in [3.8, 4) is 5.75 Å². The molecule has 0 aliphatic rings. The van der Waals surface area contributed by atoms with Gasteiger partial charge in [0, 0.05) is 10.0 Å². The lowest BCUT2D eigenvalue weighted by Gasteiger charge is -2.09. The van der Waals surface area contributed by atoms with Crippen molar-refractivity contribution in [2.45, 2.75) is 6.42 Å². The molecule has 0 aromatic heterocycles. The van der Waals surface area contributed by atoms with Crippen LogP contribution in [0.5, 0.6) is 5.75 Å². The maximum atomic E-state index is 12.0. The van der Waals surface area contributed by atoms with Gasteiger partial charge in [0.15, 0.2) is 0 Å². The number of phenols is 1. The predicted octanol–water partition coefficient (Wildman–Crippen LogP) is 3.03. The smallest absolute Gasteiger partial charge is 0.337 e. The van der Waals surface area contributed by atoms with Crippen molar-refractivity contribution in [1.29, 1.82) is 0 Å². The van der Waals surface area contributed by atoms with Gasteiger partial charge in [0.05, 0.1) is 17.7 Å². The number of hydrogen-bond acceptors (Lipinski definition) is 3. The first-order valence-corrected chi connectivity index (χ1v) is 6.86. The van der Waals surface area contributed by atoms with Gasteiger partial charge in [-0.15, -0.1) is 0 Å². The molecular weight excluding hydrogens is 338 g/mol. The van der Waals surface area contributed by atoms with Crippen LogP contribution < -0.4 is 5.32 Å². The standard InChI is InChI=1S/C15H12BrNO4/c16-10-5-6-11(15(20)21)12(8-10)17-14(19)7-9-3-1-2-4-13(9)18/h1-6,8,18H,7H2,(H,17,19)(H,20,21). The second-order valence-electron chi connectivity index (χ2n) is 4.35. The van der Waals surface area contributed by atoms with Crippen LogP contribution in [-0.4, -0.2) is 22.1 Å². The number of aromatic carboxylic acids is 1. The van der Waals surface area contributed by atoms with Gasteiger partial charge < -0.3 is 15.5 Å². The van der Waals surface area contributed by atoms with Gasteiger partial charge in [-0.2, -0.15) is 0 Å². The maximum Gasteiger partial charge on any atom is 0.337 e. The van der Waals surface area contributed by atoms with Crippen LogP contribution in [0.2, 0.25) is 0 Å². The van der Waals surface area contributed by atoms with E-state index in [1.807, 2.05) is 0 Å². The molecule has 0 bridgehead atoms. The molecule has 0 unspecified atom stereocenters. The Morgan fingerprint density at radius 2 is 1.86 bits per heavy atom. The molecule has 0 spiro atoms. The summed E-state index contributed by atoms with van der Waals surface area (Å²) < 4.78 is 0.658. The van der Waals surface area contributed by atoms with Gasteiger partial charge in [0.25, 0.3) is 0 Å². The molecular formula is C15H12BrNO4. The highest BCUT2D eigenvalue weighted by Gasteiger charge is 2.14. The molecule has 0 saturated heterocycles. The van der Waals surface area contributed by atoms with E-state index < -0.39 is 11.9 Å². The van der Waals surface area contributed by atoms with Crippen LogP contribution in [-0.2, 0) is 11.2 Å². The minimum atomic E-state index is -1.12. The molecule has 0 fully saturated rings. The summed E-state index contributed by atoms with van der Waals surface area (Å²) in [5.74, 6) is -1.50. The summed E-state index contributed by atoms with van der Waals surface area (Å²) in [6.45, 7) is 0. The number of hydrogen-bond donors (Lipinski definition) is 3. The zero-order valence-electron chi connectivity index (χ0n) is 10.8. The van der Waals surface area contributed by atoms with E-state index >= 15 is 0 Å². The van der Waals surface area contributed by atoms with Gasteiger partial charge in [-0.3, -0.25) is 4.79 Å². The van der Waals surface area contributed by atoms with Crippen LogP contribution in [0.15, 0.2) is 46.9 Å². The van der Waals surface area contributed by atoms with E-state index in [0.717, 1.165) is 0 Å². The van der Waals surface area contributed by atoms with Gasteiger partial charge in [-0.1, -0.05) is 34.1 Å². The second-order valence-corrected chi connectivity index (χ2v) is 5.26.